The molecule has 3 nitrogen and oxygen atoms in total. The summed E-state index contributed by atoms with van der Waals surface area (Å²) in [6.45, 7) is 4.66. The summed E-state index contributed by atoms with van der Waals surface area (Å²) in [7, 11) is 0. The highest BCUT2D eigenvalue weighted by molar-refractivity contribution is 6.02. The molecule has 1 aliphatic rings. The second kappa shape index (κ2) is 13.9. The summed E-state index contributed by atoms with van der Waals surface area (Å²) < 4.78 is 0. The summed E-state index contributed by atoms with van der Waals surface area (Å²) in [5, 5.41) is 3.49. The third-order valence-corrected chi connectivity index (χ3v) is 12.0. The Morgan fingerprint density at radius 1 is 0.322 bits per heavy atom. The summed E-state index contributed by atoms with van der Waals surface area (Å²) in [6.07, 6.45) is 0. The molecule has 0 N–H and O–H groups in total. The van der Waals surface area contributed by atoms with Crippen LogP contribution in [-0.2, 0) is 5.41 Å². The van der Waals surface area contributed by atoms with Gasteiger partial charge < -0.3 is 0 Å². The molecule has 0 fully saturated rings. The molecular formula is C56H39N3. The zero-order valence-electron chi connectivity index (χ0n) is 32.9. The number of rotatable bonds is 6. The number of aromatic nitrogens is 3. The van der Waals surface area contributed by atoms with Gasteiger partial charge in [-0.15, -0.1) is 0 Å². The van der Waals surface area contributed by atoms with Gasteiger partial charge in [0.05, 0.1) is 22.6 Å². The van der Waals surface area contributed by atoms with Crippen LogP contribution in [-0.4, -0.2) is 15.0 Å². The Morgan fingerprint density at radius 2 is 0.898 bits per heavy atom. The molecule has 2 aromatic heterocycles. The maximum Gasteiger partial charge on any atom is 0.160 e. The number of hydrogen-bond acceptors (Lipinski definition) is 3. The van der Waals surface area contributed by atoms with Crippen molar-refractivity contribution < 1.29 is 0 Å². The number of benzene rings is 8. The highest BCUT2D eigenvalue weighted by Crippen LogP contribution is 2.51. The van der Waals surface area contributed by atoms with Gasteiger partial charge in [0.15, 0.2) is 5.82 Å². The van der Waals surface area contributed by atoms with E-state index in [2.05, 4.69) is 208 Å². The molecule has 2 heterocycles. The summed E-state index contributed by atoms with van der Waals surface area (Å²) in [4.78, 5) is 16.1. The van der Waals surface area contributed by atoms with Crippen molar-refractivity contribution in [3.63, 3.8) is 0 Å². The third-order valence-electron chi connectivity index (χ3n) is 12.0. The van der Waals surface area contributed by atoms with Crippen molar-refractivity contribution in [1.82, 2.24) is 15.0 Å². The maximum atomic E-state index is 5.39. The Hall–Kier alpha value is -7.49. The molecular weight excluding hydrogens is 715 g/mol. The fourth-order valence-electron chi connectivity index (χ4n) is 8.96. The molecule has 8 aromatic carbocycles. The van der Waals surface area contributed by atoms with Gasteiger partial charge in [0.2, 0.25) is 0 Å². The molecule has 0 atom stereocenters. The van der Waals surface area contributed by atoms with Crippen LogP contribution in [0.4, 0.5) is 0 Å². The fraction of sp³-hybridized carbons (Fsp3) is 0.0536. The minimum atomic E-state index is -0.144. The minimum absolute atomic E-state index is 0.144. The molecule has 0 spiro atoms. The van der Waals surface area contributed by atoms with E-state index in [1.807, 2.05) is 6.07 Å². The van der Waals surface area contributed by atoms with Crippen molar-refractivity contribution in [2.24, 2.45) is 0 Å². The van der Waals surface area contributed by atoms with Gasteiger partial charge in [0, 0.05) is 33.1 Å². The number of nitrogens with zero attached hydrogens (tertiary/aromatic N) is 3. The van der Waals surface area contributed by atoms with Crippen LogP contribution in [0, 0.1) is 0 Å². The Bertz CT molecular complexity index is 3220. The van der Waals surface area contributed by atoms with Crippen molar-refractivity contribution in [3.05, 3.63) is 211 Å². The van der Waals surface area contributed by atoms with E-state index in [0.717, 1.165) is 72.5 Å². The molecule has 59 heavy (non-hydrogen) atoms. The van der Waals surface area contributed by atoms with Crippen LogP contribution >= 0.6 is 0 Å². The lowest BCUT2D eigenvalue weighted by molar-refractivity contribution is 0.661. The van der Waals surface area contributed by atoms with E-state index in [9.17, 15) is 0 Å². The lowest BCUT2D eigenvalue weighted by Crippen LogP contribution is -2.14. The molecule has 11 rings (SSSR count). The van der Waals surface area contributed by atoms with Crippen LogP contribution in [0.15, 0.2) is 200 Å². The molecule has 1 aliphatic carbocycles. The van der Waals surface area contributed by atoms with Gasteiger partial charge in [-0.25, -0.2) is 15.0 Å². The molecule has 0 amide bonds. The molecule has 0 saturated heterocycles. The zero-order chi connectivity index (χ0) is 39.5. The molecule has 0 radical (unpaired) electrons. The van der Waals surface area contributed by atoms with E-state index < -0.39 is 0 Å². The first-order chi connectivity index (χ1) is 29.0. The second-order valence-corrected chi connectivity index (χ2v) is 16.1. The van der Waals surface area contributed by atoms with Gasteiger partial charge in [0.1, 0.15) is 0 Å². The standard InChI is InChI=1S/C56H39N3/c1-56(2)49-25-15-14-24-45(49)47-32-48-46(33-51(38-19-8-4-9-20-38)57-54(48)34-50(47)56)43-29-42(36-16-6-3-7-17-36)30-44(31-43)55-58-52(39-21-10-5-11-22-39)35-53(59-55)41-27-26-37-18-12-13-23-40(37)28-41/h3-35H,1-2H3. The van der Waals surface area contributed by atoms with Gasteiger partial charge in [-0.3, -0.25) is 0 Å². The summed E-state index contributed by atoms with van der Waals surface area (Å²) in [5.74, 6) is 0.673. The largest absolute Gasteiger partial charge is 0.248 e. The molecule has 3 heteroatoms. The Labute approximate surface area is 344 Å². The lowest BCUT2D eigenvalue weighted by Gasteiger charge is -2.22. The average Bonchev–Trinajstić information content (AvgIpc) is 3.53. The predicted molar refractivity (Wildman–Crippen MR) is 245 cm³/mol. The van der Waals surface area contributed by atoms with Crippen molar-refractivity contribution in [2.45, 2.75) is 19.3 Å². The van der Waals surface area contributed by atoms with E-state index in [0.29, 0.717) is 5.82 Å². The van der Waals surface area contributed by atoms with E-state index in [1.54, 1.807) is 0 Å². The van der Waals surface area contributed by atoms with E-state index >= 15 is 0 Å². The van der Waals surface area contributed by atoms with Crippen LogP contribution in [0.25, 0.3) is 100 Å². The van der Waals surface area contributed by atoms with E-state index in [1.165, 1.54) is 33.0 Å². The highest BCUT2D eigenvalue weighted by atomic mass is 14.9. The third kappa shape index (κ3) is 6.11. The fourth-order valence-corrected chi connectivity index (χ4v) is 8.96. The Balaban J connectivity index is 1.18. The van der Waals surface area contributed by atoms with Crippen molar-refractivity contribution in [3.8, 4) is 78.5 Å². The quantitative estimate of drug-likeness (QED) is 0.170. The topological polar surface area (TPSA) is 38.7 Å². The van der Waals surface area contributed by atoms with Crippen LogP contribution in [0.2, 0.25) is 0 Å². The summed E-state index contributed by atoms with van der Waals surface area (Å²) in [6, 6.07) is 71.4. The highest BCUT2D eigenvalue weighted by Gasteiger charge is 2.36. The lowest BCUT2D eigenvalue weighted by atomic mass is 9.82. The molecule has 278 valence electrons. The molecule has 0 unspecified atom stereocenters. The van der Waals surface area contributed by atoms with Crippen LogP contribution < -0.4 is 0 Å². The van der Waals surface area contributed by atoms with Gasteiger partial charge in [0.25, 0.3) is 0 Å². The molecule has 10 aromatic rings. The van der Waals surface area contributed by atoms with Crippen LogP contribution in [0.5, 0.6) is 0 Å². The SMILES string of the molecule is CC1(C)c2ccccc2-c2cc3c(-c4cc(-c5ccccc5)cc(-c5nc(-c6ccccc6)cc(-c6ccc7ccccc7c6)n5)c4)cc(-c4ccccc4)nc3cc21. The van der Waals surface area contributed by atoms with Crippen molar-refractivity contribution >= 4 is 21.7 Å². The first-order valence-corrected chi connectivity index (χ1v) is 20.3. The predicted octanol–water partition coefficient (Wildman–Crippen LogP) is 14.5. The molecule has 0 aliphatic heterocycles. The first kappa shape index (κ1) is 34.7. The van der Waals surface area contributed by atoms with E-state index in [-0.39, 0.29) is 5.41 Å². The number of fused-ring (bicyclic) bond motifs is 5. The zero-order valence-corrected chi connectivity index (χ0v) is 32.9. The Morgan fingerprint density at radius 3 is 1.63 bits per heavy atom. The number of hydrogen-bond donors (Lipinski definition) is 0. The van der Waals surface area contributed by atoms with Crippen molar-refractivity contribution in [1.29, 1.82) is 0 Å². The van der Waals surface area contributed by atoms with Gasteiger partial charge in [-0.1, -0.05) is 166 Å². The first-order valence-electron chi connectivity index (χ1n) is 20.3. The molecule has 0 bridgehead atoms. The van der Waals surface area contributed by atoms with Gasteiger partial charge in [-0.2, -0.15) is 0 Å². The van der Waals surface area contributed by atoms with Gasteiger partial charge >= 0.3 is 0 Å². The monoisotopic (exact) mass is 753 g/mol. The van der Waals surface area contributed by atoms with E-state index in [4.69, 9.17) is 15.0 Å². The van der Waals surface area contributed by atoms with Crippen LogP contribution in [0.3, 0.4) is 0 Å². The minimum Gasteiger partial charge on any atom is -0.248 e. The second-order valence-electron chi connectivity index (χ2n) is 16.1. The molecule has 0 saturated carbocycles. The summed E-state index contributed by atoms with van der Waals surface area (Å²) >= 11 is 0. The van der Waals surface area contributed by atoms with Crippen LogP contribution in [0.1, 0.15) is 25.0 Å². The van der Waals surface area contributed by atoms with Gasteiger partial charge in [-0.05, 0) is 104 Å². The van der Waals surface area contributed by atoms with Crippen molar-refractivity contribution in [2.75, 3.05) is 0 Å². The summed E-state index contributed by atoms with van der Waals surface area (Å²) in [5.41, 5.74) is 17.3. The Kier molecular flexibility index (Phi) is 8.16. The number of pyridine rings is 1. The maximum absolute atomic E-state index is 5.39. The smallest absolute Gasteiger partial charge is 0.160 e. The average molecular weight is 754 g/mol. The normalized spacial score (nSPS) is 12.7.